The van der Waals surface area contributed by atoms with E-state index in [1.54, 1.807) is 0 Å². The lowest BCUT2D eigenvalue weighted by molar-refractivity contribution is -0.139. The molecule has 0 heterocycles. The van der Waals surface area contributed by atoms with Crippen LogP contribution in [0.4, 0.5) is 5.69 Å². The molecule has 11 rings (SSSR count). The third-order valence-corrected chi connectivity index (χ3v) is 13.8. The van der Waals surface area contributed by atoms with Gasteiger partial charge in [0.25, 0.3) is 0 Å². The first kappa shape index (κ1) is 37.8. The van der Waals surface area contributed by atoms with Gasteiger partial charge in [0.15, 0.2) is 0 Å². The lowest BCUT2D eigenvalue weighted by Crippen LogP contribution is -2.57. The van der Waals surface area contributed by atoms with Crippen LogP contribution in [-0.2, 0) is 30.3 Å². The molecular formula is C48H49N3O7. The molecule has 3 atom stereocenters. The molecule has 4 fully saturated rings. The van der Waals surface area contributed by atoms with Crippen LogP contribution < -0.4 is 16.0 Å². The fraction of sp³-hybridized carbons (Fsp3) is 0.396. The zero-order chi connectivity index (χ0) is 40.1. The lowest BCUT2D eigenvalue weighted by Gasteiger charge is -2.57. The summed E-state index contributed by atoms with van der Waals surface area (Å²) in [5, 5.41) is 9.42. The van der Waals surface area contributed by atoms with Gasteiger partial charge in [0.05, 0.1) is 37.2 Å². The van der Waals surface area contributed by atoms with E-state index in [2.05, 4.69) is 40.2 Å². The second-order valence-electron chi connectivity index (χ2n) is 17.4. The fourth-order valence-corrected chi connectivity index (χ4v) is 11.9. The molecule has 0 aromatic heterocycles. The zero-order valence-electron chi connectivity index (χ0n) is 32.9. The topological polar surface area (TPSA) is 140 Å². The molecule has 2 unspecified atom stereocenters. The Hall–Kier alpha value is -5.77. The second kappa shape index (κ2) is 15.2. The smallest absolute Gasteiger partial charge is 0.337 e. The van der Waals surface area contributed by atoms with Gasteiger partial charge >= 0.3 is 11.9 Å². The van der Waals surface area contributed by atoms with Gasteiger partial charge in [-0.25, -0.2) is 9.59 Å². The van der Waals surface area contributed by atoms with Crippen LogP contribution >= 0.6 is 0 Å². The molecule has 3 amide bonds. The number of hydrogen-bond donors (Lipinski definition) is 3. The SMILES string of the molecule is COC(=O)c1cc(NC(=O)[C@H](Cc2ccccc2)NC(=O)C2C3c4ccccc4C(c4ccccc43)C2C(=O)NCC23CC4CC(CC(C4)C2)C3)cc(C(=O)OC)c1. The van der Waals surface area contributed by atoms with Crippen molar-refractivity contribution in [2.75, 3.05) is 26.1 Å². The van der Waals surface area contributed by atoms with Crippen molar-refractivity contribution in [2.24, 2.45) is 35.0 Å². The van der Waals surface area contributed by atoms with E-state index in [1.165, 1.54) is 51.7 Å². The average molecular weight is 780 g/mol. The van der Waals surface area contributed by atoms with Crippen molar-refractivity contribution >= 4 is 35.3 Å². The van der Waals surface area contributed by atoms with Crippen molar-refractivity contribution < 1.29 is 33.4 Å². The van der Waals surface area contributed by atoms with Crippen LogP contribution in [0.15, 0.2) is 97.1 Å². The lowest BCUT2D eigenvalue weighted by atomic mass is 9.49. The molecule has 0 spiro atoms. The predicted molar refractivity (Wildman–Crippen MR) is 217 cm³/mol. The zero-order valence-corrected chi connectivity index (χ0v) is 32.9. The number of esters is 2. The third-order valence-electron chi connectivity index (χ3n) is 13.8. The number of anilines is 1. The van der Waals surface area contributed by atoms with Crippen LogP contribution in [0.5, 0.6) is 0 Å². The molecule has 298 valence electrons. The molecule has 4 saturated carbocycles. The summed E-state index contributed by atoms with van der Waals surface area (Å²) in [6.07, 6.45) is 7.57. The number of benzene rings is 4. The first-order valence-corrected chi connectivity index (χ1v) is 20.6. The highest BCUT2D eigenvalue weighted by molar-refractivity contribution is 6.02. The summed E-state index contributed by atoms with van der Waals surface area (Å²) >= 11 is 0. The molecule has 0 saturated heterocycles. The number of amides is 3. The summed E-state index contributed by atoms with van der Waals surface area (Å²) in [6, 6.07) is 28.7. The largest absolute Gasteiger partial charge is 0.465 e. The molecule has 0 aliphatic heterocycles. The molecular weight excluding hydrogens is 731 g/mol. The normalized spacial score (nSPS) is 27.4. The van der Waals surface area contributed by atoms with Crippen molar-refractivity contribution in [1.82, 2.24) is 10.6 Å². The van der Waals surface area contributed by atoms with E-state index in [1.807, 2.05) is 54.6 Å². The molecule has 58 heavy (non-hydrogen) atoms. The van der Waals surface area contributed by atoms with Crippen molar-refractivity contribution in [3.8, 4) is 0 Å². The van der Waals surface area contributed by atoms with Gasteiger partial charge < -0.3 is 25.4 Å². The van der Waals surface area contributed by atoms with E-state index in [0.29, 0.717) is 6.54 Å². The van der Waals surface area contributed by atoms with E-state index in [-0.39, 0.29) is 46.4 Å². The minimum absolute atomic E-state index is 0.0438. The molecule has 10 nitrogen and oxygen atoms in total. The Morgan fingerprint density at radius 2 is 1.10 bits per heavy atom. The minimum Gasteiger partial charge on any atom is -0.465 e. The van der Waals surface area contributed by atoms with E-state index < -0.39 is 41.6 Å². The number of rotatable bonds is 11. The maximum Gasteiger partial charge on any atom is 0.337 e. The van der Waals surface area contributed by atoms with Crippen LogP contribution in [0, 0.1) is 35.0 Å². The quantitative estimate of drug-likeness (QED) is 0.143. The van der Waals surface area contributed by atoms with Crippen LogP contribution in [0.2, 0.25) is 0 Å². The van der Waals surface area contributed by atoms with Crippen LogP contribution in [0.25, 0.3) is 0 Å². The predicted octanol–water partition coefficient (Wildman–Crippen LogP) is 6.78. The van der Waals surface area contributed by atoms with Gasteiger partial charge in [0, 0.05) is 30.5 Å². The van der Waals surface area contributed by atoms with Gasteiger partial charge in [-0.15, -0.1) is 0 Å². The van der Waals surface area contributed by atoms with Crippen LogP contribution in [-0.4, -0.2) is 56.5 Å². The average Bonchev–Trinajstić information content (AvgIpc) is 3.24. The summed E-state index contributed by atoms with van der Waals surface area (Å²) < 4.78 is 9.80. The Bertz CT molecular complexity index is 2170. The Labute approximate surface area is 338 Å². The molecule has 4 aromatic carbocycles. The molecule has 6 bridgehead atoms. The first-order valence-electron chi connectivity index (χ1n) is 20.6. The minimum atomic E-state index is -1.08. The summed E-state index contributed by atoms with van der Waals surface area (Å²) in [5.41, 5.74) is 5.35. The van der Waals surface area contributed by atoms with Gasteiger partial charge in [-0.3, -0.25) is 14.4 Å². The highest BCUT2D eigenvalue weighted by Crippen LogP contribution is 2.61. The highest BCUT2D eigenvalue weighted by atomic mass is 16.5. The van der Waals surface area contributed by atoms with E-state index >= 15 is 4.79 Å². The number of methoxy groups -OCH3 is 2. The number of nitrogens with one attached hydrogen (secondary N) is 3. The summed E-state index contributed by atoms with van der Waals surface area (Å²) in [4.78, 5) is 69.6. The number of ether oxygens (including phenoxy) is 2. The van der Waals surface area contributed by atoms with E-state index in [0.717, 1.165) is 64.8 Å². The fourth-order valence-electron chi connectivity index (χ4n) is 11.9. The van der Waals surface area contributed by atoms with Crippen LogP contribution in [0.3, 0.4) is 0 Å². The molecule has 7 aliphatic carbocycles. The van der Waals surface area contributed by atoms with Crippen molar-refractivity contribution in [1.29, 1.82) is 0 Å². The maximum absolute atomic E-state index is 15.2. The number of carbonyl (C=O) groups excluding carboxylic acids is 5. The molecule has 10 heteroatoms. The summed E-state index contributed by atoms with van der Waals surface area (Å²) in [5.74, 6) is -2.48. The van der Waals surface area contributed by atoms with Crippen molar-refractivity contribution in [3.63, 3.8) is 0 Å². The van der Waals surface area contributed by atoms with E-state index in [9.17, 15) is 19.2 Å². The highest BCUT2D eigenvalue weighted by Gasteiger charge is 2.56. The van der Waals surface area contributed by atoms with E-state index in [4.69, 9.17) is 9.47 Å². The standard InChI is InChI=1S/C48H49N3O7/c1-57-46(55)31-20-32(47(56)58-2)22-33(21-31)50-43(52)38(19-27-10-4-3-5-11-27)51-45(54)42-40-36-14-8-6-12-34(36)39(35-13-7-9-15-37(35)40)41(42)44(53)49-26-48-23-28-16-29(24-48)18-30(17-28)25-48/h3-15,20-22,28-30,38-42H,16-19,23-26H2,1-2H3,(H,49,53)(H,50,52)(H,51,54)/t28?,29?,30?,38-,39?,40?,41?,42?,48?/m0/s1. The van der Waals surface area contributed by atoms with Gasteiger partial charge in [-0.2, -0.15) is 0 Å². The summed E-state index contributed by atoms with van der Waals surface area (Å²) in [7, 11) is 2.45. The van der Waals surface area contributed by atoms with Gasteiger partial charge in [0.2, 0.25) is 17.7 Å². The summed E-state index contributed by atoms with van der Waals surface area (Å²) in [6.45, 7) is 0.623. The Morgan fingerprint density at radius 1 is 0.638 bits per heavy atom. The Morgan fingerprint density at radius 3 is 1.59 bits per heavy atom. The van der Waals surface area contributed by atoms with Gasteiger partial charge in [-0.05, 0) is 108 Å². The van der Waals surface area contributed by atoms with Gasteiger partial charge in [-0.1, -0.05) is 78.9 Å². The third kappa shape index (κ3) is 6.86. The number of fused-ring (bicyclic) bond motifs is 1. The first-order chi connectivity index (χ1) is 28.1. The Kier molecular flexibility index (Phi) is 9.90. The molecule has 0 radical (unpaired) electrons. The molecule has 3 N–H and O–H groups in total. The number of hydrogen-bond acceptors (Lipinski definition) is 7. The molecule has 7 aliphatic rings. The Balaban J connectivity index is 1.05. The van der Waals surface area contributed by atoms with Gasteiger partial charge in [0.1, 0.15) is 6.04 Å². The molecule has 4 aromatic rings. The number of carbonyl (C=O) groups is 5. The van der Waals surface area contributed by atoms with Crippen LogP contribution in [0.1, 0.15) is 98.9 Å². The van der Waals surface area contributed by atoms with Crippen molar-refractivity contribution in [3.05, 3.63) is 136 Å². The monoisotopic (exact) mass is 779 g/mol. The van der Waals surface area contributed by atoms with Crippen molar-refractivity contribution in [2.45, 2.75) is 62.8 Å². The second-order valence-corrected chi connectivity index (χ2v) is 17.4. The maximum atomic E-state index is 15.2.